The normalized spacial score (nSPS) is 20.2. The van der Waals surface area contributed by atoms with E-state index in [9.17, 15) is 4.79 Å². The van der Waals surface area contributed by atoms with Crippen molar-refractivity contribution >= 4 is 17.5 Å². The van der Waals surface area contributed by atoms with Gasteiger partial charge < -0.3 is 10.2 Å². The van der Waals surface area contributed by atoms with Crippen LogP contribution in [0.5, 0.6) is 0 Å². The van der Waals surface area contributed by atoms with Crippen LogP contribution in [0.15, 0.2) is 0 Å². The lowest BCUT2D eigenvalue weighted by atomic mass is 10.2. The molecule has 0 aromatic carbocycles. The largest absolute Gasteiger partial charge is 0.336 e. The molecular weight excluding hydrogens is 252 g/mol. The van der Waals surface area contributed by atoms with Crippen LogP contribution in [0.2, 0.25) is 5.02 Å². The Kier molecular flexibility index (Phi) is 3.92. The van der Waals surface area contributed by atoms with E-state index in [2.05, 4.69) is 17.3 Å². The van der Waals surface area contributed by atoms with E-state index in [-0.39, 0.29) is 18.5 Å². The third-order valence-corrected chi connectivity index (χ3v) is 3.95. The van der Waals surface area contributed by atoms with Crippen molar-refractivity contribution in [2.24, 2.45) is 0 Å². The standard InChI is InChI=1S/C12H19ClN4O/c1-8-6-14-4-5-16(8)11(18)7-17-10(3)12(13)9(2)15-17/h8,14H,4-7H2,1-3H3/t8-/m1/s1. The Hall–Kier alpha value is -1.07. The minimum absolute atomic E-state index is 0.103. The maximum atomic E-state index is 12.2. The van der Waals surface area contributed by atoms with E-state index < -0.39 is 0 Å². The lowest BCUT2D eigenvalue weighted by Gasteiger charge is -2.34. The lowest BCUT2D eigenvalue weighted by Crippen LogP contribution is -2.53. The molecule has 1 fully saturated rings. The SMILES string of the molecule is Cc1nn(CC(=O)N2CCNC[C@H]2C)c(C)c1Cl. The van der Waals surface area contributed by atoms with Gasteiger partial charge in [-0.2, -0.15) is 5.10 Å². The Morgan fingerprint density at radius 3 is 2.83 bits per heavy atom. The second kappa shape index (κ2) is 5.28. The van der Waals surface area contributed by atoms with Crippen molar-refractivity contribution in [2.75, 3.05) is 19.6 Å². The molecule has 0 unspecified atom stereocenters. The van der Waals surface area contributed by atoms with Crippen LogP contribution in [-0.4, -0.2) is 46.3 Å². The number of aryl methyl sites for hydroxylation is 1. The van der Waals surface area contributed by atoms with Gasteiger partial charge in [-0.3, -0.25) is 9.48 Å². The molecule has 18 heavy (non-hydrogen) atoms. The van der Waals surface area contributed by atoms with Crippen molar-refractivity contribution in [2.45, 2.75) is 33.4 Å². The number of aromatic nitrogens is 2. The van der Waals surface area contributed by atoms with E-state index in [1.807, 2.05) is 18.7 Å². The number of hydrogen-bond donors (Lipinski definition) is 1. The second-order valence-corrected chi connectivity index (χ2v) is 5.16. The summed E-state index contributed by atoms with van der Waals surface area (Å²) in [6.07, 6.45) is 0. The molecule has 1 atom stereocenters. The van der Waals surface area contributed by atoms with Gasteiger partial charge in [-0.15, -0.1) is 0 Å². The molecule has 1 aliphatic rings. The van der Waals surface area contributed by atoms with Crippen molar-refractivity contribution in [3.8, 4) is 0 Å². The Bertz CT molecular complexity index is 457. The van der Waals surface area contributed by atoms with E-state index in [4.69, 9.17) is 11.6 Å². The third-order valence-electron chi connectivity index (χ3n) is 3.40. The van der Waals surface area contributed by atoms with Crippen LogP contribution in [0.25, 0.3) is 0 Å². The Morgan fingerprint density at radius 1 is 1.56 bits per heavy atom. The van der Waals surface area contributed by atoms with Crippen molar-refractivity contribution < 1.29 is 4.79 Å². The summed E-state index contributed by atoms with van der Waals surface area (Å²) >= 11 is 6.08. The lowest BCUT2D eigenvalue weighted by molar-refractivity contribution is -0.134. The summed E-state index contributed by atoms with van der Waals surface area (Å²) in [4.78, 5) is 14.1. The first-order valence-corrected chi connectivity index (χ1v) is 6.58. The van der Waals surface area contributed by atoms with Crippen LogP contribution in [0.4, 0.5) is 0 Å². The Labute approximate surface area is 112 Å². The van der Waals surface area contributed by atoms with Gasteiger partial charge in [-0.1, -0.05) is 11.6 Å². The molecule has 1 saturated heterocycles. The summed E-state index contributed by atoms with van der Waals surface area (Å²) in [6.45, 7) is 8.52. The van der Waals surface area contributed by atoms with Crippen molar-refractivity contribution in [1.82, 2.24) is 20.0 Å². The first kappa shape index (κ1) is 13.4. The molecule has 0 aliphatic carbocycles. The van der Waals surface area contributed by atoms with Crippen LogP contribution in [0.3, 0.4) is 0 Å². The average molecular weight is 271 g/mol. The number of nitrogens with zero attached hydrogens (tertiary/aromatic N) is 3. The fourth-order valence-corrected chi connectivity index (χ4v) is 2.39. The van der Waals surface area contributed by atoms with Gasteiger partial charge in [0.15, 0.2) is 0 Å². The van der Waals surface area contributed by atoms with Crippen LogP contribution in [0, 0.1) is 13.8 Å². The van der Waals surface area contributed by atoms with E-state index in [1.54, 1.807) is 4.68 Å². The number of amides is 1. The van der Waals surface area contributed by atoms with Crippen LogP contribution < -0.4 is 5.32 Å². The van der Waals surface area contributed by atoms with Crippen LogP contribution >= 0.6 is 11.6 Å². The highest BCUT2D eigenvalue weighted by Gasteiger charge is 2.24. The van der Waals surface area contributed by atoms with Crippen molar-refractivity contribution in [3.05, 3.63) is 16.4 Å². The highest BCUT2D eigenvalue weighted by molar-refractivity contribution is 6.31. The average Bonchev–Trinajstić information content (AvgIpc) is 2.57. The monoisotopic (exact) mass is 270 g/mol. The van der Waals surface area contributed by atoms with Crippen LogP contribution in [0.1, 0.15) is 18.3 Å². The number of piperazine rings is 1. The highest BCUT2D eigenvalue weighted by atomic mass is 35.5. The summed E-state index contributed by atoms with van der Waals surface area (Å²) in [5.41, 5.74) is 1.63. The summed E-state index contributed by atoms with van der Waals surface area (Å²) in [6, 6.07) is 0.235. The highest BCUT2D eigenvalue weighted by Crippen LogP contribution is 2.19. The number of rotatable bonds is 2. The molecule has 2 heterocycles. The zero-order valence-electron chi connectivity index (χ0n) is 11.0. The van der Waals surface area contributed by atoms with E-state index >= 15 is 0 Å². The molecule has 1 aromatic rings. The topological polar surface area (TPSA) is 50.2 Å². The number of carbonyl (C=O) groups excluding carboxylic acids is 1. The molecule has 1 N–H and O–H groups in total. The van der Waals surface area contributed by atoms with Gasteiger partial charge in [0.05, 0.1) is 16.4 Å². The Morgan fingerprint density at radius 2 is 2.28 bits per heavy atom. The van der Waals surface area contributed by atoms with Gasteiger partial charge in [-0.05, 0) is 20.8 Å². The molecule has 1 amide bonds. The molecule has 0 saturated carbocycles. The molecular formula is C12H19ClN4O. The summed E-state index contributed by atoms with van der Waals surface area (Å²) in [5, 5.41) is 8.21. The first-order chi connectivity index (χ1) is 8.50. The van der Waals surface area contributed by atoms with Gasteiger partial charge in [0.1, 0.15) is 6.54 Å². The molecule has 0 bridgehead atoms. The minimum Gasteiger partial charge on any atom is -0.336 e. The fourth-order valence-electron chi connectivity index (χ4n) is 2.26. The zero-order chi connectivity index (χ0) is 13.3. The molecule has 0 radical (unpaired) electrons. The van der Waals surface area contributed by atoms with E-state index in [1.165, 1.54) is 0 Å². The van der Waals surface area contributed by atoms with Gasteiger partial charge in [0, 0.05) is 25.7 Å². The molecule has 0 spiro atoms. The molecule has 100 valence electrons. The number of nitrogens with one attached hydrogen (secondary N) is 1. The predicted molar refractivity (Wildman–Crippen MR) is 70.8 cm³/mol. The predicted octanol–water partition coefficient (Wildman–Crippen LogP) is 0.974. The molecule has 5 nitrogen and oxygen atoms in total. The van der Waals surface area contributed by atoms with E-state index in [0.717, 1.165) is 31.0 Å². The second-order valence-electron chi connectivity index (χ2n) is 4.78. The van der Waals surface area contributed by atoms with Crippen molar-refractivity contribution in [3.63, 3.8) is 0 Å². The number of carbonyl (C=O) groups is 1. The smallest absolute Gasteiger partial charge is 0.244 e. The molecule has 1 aromatic heterocycles. The summed E-state index contributed by atoms with van der Waals surface area (Å²) in [7, 11) is 0. The quantitative estimate of drug-likeness (QED) is 0.871. The molecule has 2 rings (SSSR count). The summed E-state index contributed by atoms with van der Waals surface area (Å²) < 4.78 is 1.69. The first-order valence-electron chi connectivity index (χ1n) is 6.20. The maximum absolute atomic E-state index is 12.2. The Balaban J connectivity index is 2.08. The van der Waals surface area contributed by atoms with E-state index in [0.29, 0.717) is 5.02 Å². The minimum atomic E-state index is 0.103. The van der Waals surface area contributed by atoms with Crippen LogP contribution in [-0.2, 0) is 11.3 Å². The molecule has 1 aliphatic heterocycles. The van der Waals surface area contributed by atoms with Crippen molar-refractivity contribution in [1.29, 1.82) is 0 Å². The van der Waals surface area contributed by atoms with Gasteiger partial charge in [0.25, 0.3) is 0 Å². The van der Waals surface area contributed by atoms with Gasteiger partial charge >= 0.3 is 0 Å². The fraction of sp³-hybridized carbons (Fsp3) is 0.667. The maximum Gasteiger partial charge on any atom is 0.244 e. The number of hydrogen-bond acceptors (Lipinski definition) is 3. The van der Waals surface area contributed by atoms with Gasteiger partial charge in [-0.25, -0.2) is 0 Å². The summed E-state index contributed by atoms with van der Waals surface area (Å²) in [5.74, 6) is 0.103. The number of halogens is 1. The molecule has 6 heteroatoms. The zero-order valence-corrected chi connectivity index (χ0v) is 11.8. The van der Waals surface area contributed by atoms with Gasteiger partial charge in [0.2, 0.25) is 5.91 Å². The third kappa shape index (κ3) is 2.52.